The van der Waals surface area contributed by atoms with Crippen molar-refractivity contribution < 1.29 is 14.6 Å². The van der Waals surface area contributed by atoms with E-state index in [0.717, 1.165) is 12.1 Å². The molecule has 1 rings (SSSR count). The van der Waals surface area contributed by atoms with Crippen LogP contribution in [0.1, 0.15) is 29.8 Å². The molecule has 0 atom stereocenters. The van der Waals surface area contributed by atoms with Crippen molar-refractivity contribution in [1.82, 2.24) is 5.32 Å². The van der Waals surface area contributed by atoms with Crippen molar-refractivity contribution in [2.75, 3.05) is 6.54 Å². The molecule has 1 N–H and O–H groups in total. The quantitative estimate of drug-likeness (QED) is 0.647. The van der Waals surface area contributed by atoms with E-state index in [4.69, 9.17) is 5.26 Å². The standard InChI is InChI=1S/C12H12N4O5/c1-7(2)6-14-12(17)10-4-9(15(18)19)3-8(5-13)11(10)16(20)21/h3-4,7H,6H2,1-2H3,(H,14,17). The first-order valence-electron chi connectivity index (χ1n) is 5.93. The van der Waals surface area contributed by atoms with Gasteiger partial charge in [-0.2, -0.15) is 5.26 Å². The Morgan fingerprint density at radius 1 is 1.33 bits per heavy atom. The van der Waals surface area contributed by atoms with E-state index in [1.165, 1.54) is 6.07 Å². The van der Waals surface area contributed by atoms with E-state index in [2.05, 4.69) is 5.32 Å². The molecule has 0 aliphatic rings. The molecule has 110 valence electrons. The minimum atomic E-state index is -0.896. The molecule has 0 heterocycles. The molecule has 0 radical (unpaired) electrons. The predicted octanol–water partition coefficient (Wildman–Crippen LogP) is 1.76. The second-order valence-corrected chi connectivity index (χ2v) is 4.62. The molecule has 0 unspecified atom stereocenters. The Morgan fingerprint density at radius 2 is 1.95 bits per heavy atom. The molecule has 0 aliphatic carbocycles. The number of benzene rings is 1. The summed E-state index contributed by atoms with van der Waals surface area (Å²) in [7, 11) is 0. The second-order valence-electron chi connectivity index (χ2n) is 4.62. The van der Waals surface area contributed by atoms with E-state index in [1.807, 2.05) is 13.8 Å². The maximum absolute atomic E-state index is 12.0. The average Bonchev–Trinajstić information content (AvgIpc) is 2.42. The van der Waals surface area contributed by atoms with Crippen molar-refractivity contribution in [3.05, 3.63) is 43.5 Å². The third kappa shape index (κ3) is 3.73. The van der Waals surface area contributed by atoms with Crippen molar-refractivity contribution >= 4 is 17.3 Å². The maximum Gasteiger partial charge on any atom is 0.300 e. The first-order chi connectivity index (χ1) is 9.77. The monoisotopic (exact) mass is 292 g/mol. The highest BCUT2D eigenvalue weighted by atomic mass is 16.6. The molecule has 0 saturated heterocycles. The summed E-state index contributed by atoms with van der Waals surface area (Å²) >= 11 is 0. The van der Waals surface area contributed by atoms with Gasteiger partial charge in [0.05, 0.1) is 9.85 Å². The van der Waals surface area contributed by atoms with Gasteiger partial charge in [-0.1, -0.05) is 13.8 Å². The molecule has 0 aliphatic heterocycles. The van der Waals surface area contributed by atoms with Crippen LogP contribution in [-0.4, -0.2) is 22.3 Å². The topological polar surface area (TPSA) is 139 Å². The van der Waals surface area contributed by atoms with Gasteiger partial charge in [-0.3, -0.25) is 25.0 Å². The fourth-order valence-corrected chi connectivity index (χ4v) is 1.57. The Hall–Kier alpha value is -3.02. The Labute approximate surface area is 119 Å². The first kappa shape index (κ1) is 16.0. The smallest absolute Gasteiger partial charge is 0.300 e. The summed E-state index contributed by atoms with van der Waals surface area (Å²) in [6.07, 6.45) is 0. The van der Waals surface area contributed by atoms with Gasteiger partial charge in [-0.25, -0.2) is 0 Å². The lowest BCUT2D eigenvalue weighted by atomic mass is 10.1. The summed E-state index contributed by atoms with van der Waals surface area (Å²) in [5, 5.41) is 33.1. The number of hydrogen-bond acceptors (Lipinski definition) is 6. The van der Waals surface area contributed by atoms with Gasteiger partial charge in [-0.05, 0) is 5.92 Å². The van der Waals surface area contributed by atoms with Crippen LogP contribution in [0.25, 0.3) is 0 Å². The highest BCUT2D eigenvalue weighted by Crippen LogP contribution is 2.28. The molecule has 0 spiro atoms. The molecule has 21 heavy (non-hydrogen) atoms. The number of rotatable bonds is 5. The highest BCUT2D eigenvalue weighted by Gasteiger charge is 2.29. The van der Waals surface area contributed by atoms with E-state index < -0.39 is 38.3 Å². The molecule has 0 fully saturated rings. The number of hydrogen-bond donors (Lipinski definition) is 1. The van der Waals surface area contributed by atoms with Gasteiger partial charge in [0.1, 0.15) is 17.2 Å². The fourth-order valence-electron chi connectivity index (χ4n) is 1.57. The van der Waals surface area contributed by atoms with Crippen LogP contribution < -0.4 is 5.32 Å². The third-order valence-corrected chi connectivity index (χ3v) is 2.52. The molecular formula is C12H12N4O5. The number of carbonyl (C=O) groups is 1. The van der Waals surface area contributed by atoms with Crippen LogP contribution >= 0.6 is 0 Å². The summed E-state index contributed by atoms with van der Waals surface area (Å²) in [5.41, 5.74) is -2.30. The zero-order chi connectivity index (χ0) is 16.2. The second kappa shape index (κ2) is 6.42. The molecule has 1 amide bonds. The molecule has 9 heteroatoms. The zero-order valence-electron chi connectivity index (χ0n) is 11.3. The number of nitro benzene ring substituents is 2. The normalized spacial score (nSPS) is 10.0. The number of nitro groups is 2. The largest absolute Gasteiger partial charge is 0.352 e. The maximum atomic E-state index is 12.0. The van der Waals surface area contributed by atoms with E-state index >= 15 is 0 Å². The zero-order valence-corrected chi connectivity index (χ0v) is 11.3. The molecule has 0 aromatic heterocycles. The van der Waals surface area contributed by atoms with E-state index in [1.54, 1.807) is 0 Å². The van der Waals surface area contributed by atoms with Gasteiger partial charge in [0.15, 0.2) is 0 Å². The number of carbonyl (C=O) groups excluding carboxylic acids is 1. The predicted molar refractivity (Wildman–Crippen MR) is 71.6 cm³/mol. The Kier molecular flexibility index (Phi) is 4.91. The van der Waals surface area contributed by atoms with Crippen molar-refractivity contribution in [3.63, 3.8) is 0 Å². The van der Waals surface area contributed by atoms with Crippen molar-refractivity contribution in [2.24, 2.45) is 5.92 Å². The molecule has 0 bridgehead atoms. The van der Waals surface area contributed by atoms with Crippen LogP contribution in [0, 0.1) is 37.5 Å². The van der Waals surface area contributed by atoms with Crippen LogP contribution in [0.15, 0.2) is 12.1 Å². The summed E-state index contributed by atoms with van der Waals surface area (Å²) in [4.78, 5) is 32.1. The minimum absolute atomic E-state index is 0.0992. The third-order valence-electron chi connectivity index (χ3n) is 2.52. The van der Waals surface area contributed by atoms with Crippen LogP contribution in [0.2, 0.25) is 0 Å². The van der Waals surface area contributed by atoms with Crippen LogP contribution in [0.3, 0.4) is 0 Å². The lowest BCUT2D eigenvalue weighted by molar-refractivity contribution is -0.389. The Bertz CT molecular complexity index is 648. The SMILES string of the molecule is CC(C)CNC(=O)c1cc([N+](=O)[O-])cc(C#N)c1[N+](=O)[O-]. The van der Waals surface area contributed by atoms with E-state index in [0.29, 0.717) is 0 Å². The summed E-state index contributed by atoms with van der Waals surface area (Å²) in [6, 6.07) is 3.08. The Balaban J connectivity index is 3.42. The van der Waals surface area contributed by atoms with E-state index in [-0.39, 0.29) is 12.5 Å². The molecular weight excluding hydrogens is 280 g/mol. The van der Waals surface area contributed by atoms with Gasteiger partial charge >= 0.3 is 0 Å². The summed E-state index contributed by atoms with van der Waals surface area (Å²) in [6.45, 7) is 3.90. The molecule has 1 aromatic carbocycles. The van der Waals surface area contributed by atoms with Gasteiger partial charge in [0.25, 0.3) is 17.3 Å². The number of non-ortho nitro benzene ring substituents is 1. The van der Waals surface area contributed by atoms with Crippen molar-refractivity contribution in [3.8, 4) is 6.07 Å². The number of nitrogens with one attached hydrogen (secondary N) is 1. The lowest BCUT2D eigenvalue weighted by Crippen LogP contribution is -2.28. The Morgan fingerprint density at radius 3 is 2.38 bits per heavy atom. The van der Waals surface area contributed by atoms with Crippen molar-refractivity contribution in [1.29, 1.82) is 5.26 Å². The fraction of sp³-hybridized carbons (Fsp3) is 0.333. The van der Waals surface area contributed by atoms with Crippen LogP contribution in [0.5, 0.6) is 0 Å². The number of nitriles is 1. The van der Waals surface area contributed by atoms with Gasteiger partial charge in [-0.15, -0.1) is 0 Å². The number of amides is 1. The van der Waals surface area contributed by atoms with E-state index in [9.17, 15) is 25.0 Å². The van der Waals surface area contributed by atoms with Crippen LogP contribution in [-0.2, 0) is 0 Å². The van der Waals surface area contributed by atoms with Gasteiger partial charge in [0, 0.05) is 18.7 Å². The van der Waals surface area contributed by atoms with Gasteiger partial charge < -0.3 is 5.32 Å². The summed E-state index contributed by atoms with van der Waals surface area (Å²) < 4.78 is 0. The molecule has 1 aromatic rings. The minimum Gasteiger partial charge on any atom is -0.352 e. The molecule has 9 nitrogen and oxygen atoms in total. The average molecular weight is 292 g/mol. The highest BCUT2D eigenvalue weighted by molar-refractivity contribution is 5.99. The lowest BCUT2D eigenvalue weighted by Gasteiger charge is -2.08. The van der Waals surface area contributed by atoms with Gasteiger partial charge in [0.2, 0.25) is 0 Å². The molecule has 0 saturated carbocycles. The van der Waals surface area contributed by atoms with Crippen molar-refractivity contribution in [2.45, 2.75) is 13.8 Å². The first-order valence-corrected chi connectivity index (χ1v) is 5.93. The number of nitrogens with zero attached hydrogens (tertiary/aromatic N) is 3. The van der Waals surface area contributed by atoms with Crippen LogP contribution in [0.4, 0.5) is 11.4 Å². The summed E-state index contributed by atoms with van der Waals surface area (Å²) in [5.74, 6) is -0.724.